The molecule has 3 rings (SSSR count). The minimum absolute atomic E-state index is 0.0280. The van der Waals surface area contributed by atoms with Crippen LogP contribution in [0.4, 0.5) is 17.2 Å². The number of aromatic nitrogens is 2. The van der Waals surface area contributed by atoms with Gasteiger partial charge in [-0.2, -0.15) is 0 Å². The molecule has 0 radical (unpaired) electrons. The zero-order valence-corrected chi connectivity index (χ0v) is 18.0. The van der Waals surface area contributed by atoms with Gasteiger partial charge in [-0.15, -0.1) is 0 Å². The smallest absolute Gasteiger partial charge is 0.272 e. The summed E-state index contributed by atoms with van der Waals surface area (Å²) in [7, 11) is 0. The summed E-state index contributed by atoms with van der Waals surface area (Å²) in [6.07, 6.45) is 1.46. The molecule has 0 atom stereocenters. The number of rotatable bonds is 7. The third-order valence-corrected chi connectivity index (χ3v) is 5.59. The highest BCUT2D eigenvalue weighted by atomic mass is 16.2. The number of nitrogens with one attached hydrogen (secondary N) is 1. The molecule has 1 aliphatic heterocycles. The predicted molar refractivity (Wildman–Crippen MR) is 118 cm³/mol. The molecule has 7 heteroatoms. The largest absolute Gasteiger partial charge is 0.372 e. The average molecular weight is 397 g/mol. The Bertz CT molecular complexity index is 828. The third kappa shape index (κ3) is 5.03. The van der Waals surface area contributed by atoms with Crippen molar-refractivity contribution in [3.8, 4) is 0 Å². The van der Waals surface area contributed by atoms with E-state index in [1.54, 1.807) is 6.07 Å². The van der Waals surface area contributed by atoms with Crippen molar-refractivity contribution in [2.45, 2.75) is 27.7 Å². The maximum atomic E-state index is 12.8. The first-order valence-corrected chi connectivity index (χ1v) is 10.5. The molecule has 0 unspecified atom stereocenters. The molecule has 2 aromatic rings. The lowest BCUT2D eigenvalue weighted by molar-refractivity contribution is 0.0637. The van der Waals surface area contributed by atoms with Gasteiger partial charge in [-0.3, -0.25) is 4.79 Å². The second-order valence-electron chi connectivity index (χ2n) is 7.31. The first kappa shape index (κ1) is 21.0. The molecular formula is C22H32N6O. The zero-order chi connectivity index (χ0) is 20.8. The number of carbonyl (C=O) groups is 1. The Kier molecular flexibility index (Phi) is 7.04. The first-order chi connectivity index (χ1) is 14.0. The molecule has 29 heavy (non-hydrogen) atoms. The highest BCUT2D eigenvalue weighted by Gasteiger charge is 2.22. The fourth-order valence-corrected chi connectivity index (χ4v) is 3.68. The molecule has 1 saturated heterocycles. The van der Waals surface area contributed by atoms with Crippen molar-refractivity contribution in [1.82, 2.24) is 19.8 Å². The Balaban J connectivity index is 1.71. The van der Waals surface area contributed by atoms with Crippen LogP contribution in [0, 0.1) is 6.92 Å². The number of amides is 1. The number of nitrogens with zero attached hydrogens (tertiary/aromatic N) is 5. The summed E-state index contributed by atoms with van der Waals surface area (Å²) in [5.41, 5.74) is 3.76. The maximum Gasteiger partial charge on any atom is 0.272 e. The van der Waals surface area contributed by atoms with Crippen LogP contribution in [0.5, 0.6) is 0 Å². The lowest BCUT2D eigenvalue weighted by Crippen LogP contribution is -2.48. The average Bonchev–Trinajstić information content (AvgIpc) is 2.76. The van der Waals surface area contributed by atoms with Crippen LogP contribution in [0.3, 0.4) is 0 Å². The van der Waals surface area contributed by atoms with E-state index in [1.165, 1.54) is 12.0 Å². The van der Waals surface area contributed by atoms with Crippen LogP contribution in [0.15, 0.2) is 30.6 Å². The Labute approximate surface area is 173 Å². The highest BCUT2D eigenvalue weighted by molar-refractivity contribution is 5.93. The molecule has 1 N–H and O–H groups in total. The summed E-state index contributed by atoms with van der Waals surface area (Å²) < 4.78 is 0. The van der Waals surface area contributed by atoms with Gasteiger partial charge in [-0.05, 0) is 51.1 Å². The monoisotopic (exact) mass is 396 g/mol. The number of benzene rings is 1. The van der Waals surface area contributed by atoms with Gasteiger partial charge in [0.15, 0.2) is 0 Å². The van der Waals surface area contributed by atoms with Crippen LogP contribution in [0.2, 0.25) is 0 Å². The van der Waals surface area contributed by atoms with Gasteiger partial charge in [0.1, 0.15) is 17.8 Å². The molecule has 0 aliphatic carbocycles. The van der Waals surface area contributed by atoms with E-state index < -0.39 is 0 Å². The van der Waals surface area contributed by atoms with Gasteiger partial charge in [0, 0.05) is 56.7 Å². The van der Waals surface area contributed by atoms with E-state index in [-0.39, 0.29) is 5.91 Å². The Morgan fingerprint density at radius 2 is 1.79 bits per heavy atom. The van der Waals surface area contributed by atoms with Crippen LogP contribution < -0.4 is 10.2 Å². The van der Waals surface area contributed by atoms with Gasteiger partial charge in [0.05, 0.1) is 0 Å². The highest BCUT2D eigenvalue weighted by Crippen LogP contribution is 2.25. The summed E-state index contributed by atoms with van der Waals surface area (Å²) >= 11 is 0. The normalized spacial score (nSPS) is 14.7. The molecule has 1 aromatic carbocycles. The van der Waals surface area contributed by atoms with Gasteiger partial charge in [0.2, 0.25) is 0 Å². The summed E-state index contributed by atoms with van der Waals surface area (Å²) in [5, 5.41) is 3.34. The standard InChI is InChI=1S/C22H32N6O/c1-5-26-10-12-28(13-11-26)22(29)20-15-21(24-16-23-20)25-19-9-8-18(14-17(19)4)27(6-2)7-3/h8-9,14-16H,5-7,10-13H2,1-4H3,(H,23,24,25). The second-order valence-corrected chi connectivity index (χ2v) is 7.31. The van der Waals surface area contributed by atoms with E-state index in [9.17, 15) is 4.79 Å². The van der Waals surface area contributed by atoms with Crippen LogP contribution in [0.1, 0.15) is 36.8 Å². The third-order valence-electron chi connectivity index (χ3n) is 5.59. The molecule has 0 spiro atoms. The van der Waals surface area contributed by atoms with E-state index in [1.807, 2.05) is 4.90 Å². The topological polar surface area (TPSA) is 64.6 Å². The maximum absolute atomic E-state index is 12.8. The minimum atomic E-state index is -0.0280. The van der Waals surface area contributed by atoms with Crippen LogP contribution >= 0.6 is 0 Å². The fourth-order valence-electron chi connectivity index (χ4n) is 3.68. The van der Waals surface area contributed by atoms with Gasteiger partial charge >= 0.3 is 0 Å². The van der Waals surface area contributed by atoms with Gasteiger partial charge in [-0.25, -0.2) is 9.97 Å². The molecule has 0 saturated carbocycles. The van der Waals surface area contributed by atoms with Crippen molar-refractivity contribution < 1.29 is 4.79 Å². The van der Waals surface area contributed by atoms with E-state index >= 15 is 0 Å². The predicted octanol–water partition coefficient (Wildman–Crippen LogP) is 3.15. The second kappa shape index (κ2) is 9.69. The van der Waals surface area contributed by atoms with Gasteiger partial charge in [-0.1, -0.05) is 6.92 Å². The van der Waals surface area contributed by atoms with Crippen LogP contribution in [0.25, 0.3) is 0 Å². The minimum Gasteiger partial charge on any atom is -0.372 e. The van der Waals surface area contributed by atoms with E-state index in [2.05, 4.69) is 71.0 Å². The quantitative estimate of drug-likeness (QED) is 0.776. The van der Waals surface area contributed by atoms with Crippen molar-refractivity contribution >= 4 is 23.1 Å². The fraction of sp³-hybridized carbons (Fsp3) is 0.500. The van der Waals surface area contributed by atoms with E-state index in [4.69, 9.17) is 0 Å². The molecule has 2 heterocycles. The number of aryl methyl sites for hydroxylation is 1. The molecule has 1 aromatic heterocycles. The number of carbonyl (C=O) groups excluding carboxylic acids is 1. The summed E-state index contributed by atoms with van der Waals surface area (Å²) in [4.78, 5) is 27.9. The lowest BCUT2D eigenvalue weighted by atomic mass is 10.1. The van der Waals surface area contributed by atoms with E-state index in [0.717, 1.165) is 57.1 Å². The molecule has 7 nitrogen and oxygen atoms in total. The van der Waals surface area contributed by atoms with Gasteiger partial charge < -0.3 is 20.0 Å². The van der Waals surface area contributed by atoms with Crippen molar-refractivity contribution in [1.29, 1.82) is 0 Å². The van der Waals surface area contributed by atoms with E-state index in [0.29, 0.717) is 11.5 Å². The number of anilines is 3. The van der Waals surface area contributed by atoms with Crippen molar-refractivity contribution in [3.63, 3.8) is 0 Å². The first-order valence-electron chi connectivity index (χ1n) is 10.5. The van der Waals surface area contributed by atoms with Crippen molar-refractivity contribution in [2.24, 2.45) is 0 Å². The molecule has 1 amide bonds. The van der Waals surface area contributed by atoms with Crippen LogP contribution in [-0.4, -0.2) is 71.5 Å². The van der Waals surface area contributed by atoms with Crippen molar-refractivity contribution in [3.05, 3.63) is 41.9 Å². The summed E-state index contributed by atoms with van der Waals surface area (Å²) in [6.45, 7) is 14.8. The van der Waals surface area contributed by atoms with Crippen molar-refractivity contribution in [2.75, 3.05) is 56.0 Å². The molecule has 0 bridgehead atoms. The number of piperazine rings is 1. The number of hydrogen-bond donors (Lipinski definition) is 1. The Morgan fingerprint density at radius 1 is 1.07 bits per heavy atom. The lowest BCUT2D eigenvalue weighted by Gasteiger charge is -2.33. The van der Waals surface area contributed by atoms with Crippen LogP contribution in [-0.2, 0) is 0 Å². The molecule has 156 valence electrons. The number of hydrogen-bond acceptors (Lipinski definition) is 6. The Hall–Kier alpha value is -2.67. The molecule has 1 aliphatic rings. The molecule has 1 fully saturated rings. The van der Waals surface area contributed by atoms with Gasteiger partial charge in [0.25, 0.3) is 5.91 Å². The Morgan fingerprint density at radius 3 is 2.41 bits per heavy atom. The zero-order valence-electron chi connectivity index (χ0n) is 18.0. The number of likely N-dealkylation sites (N-methyl/N-ethyl adjacent to an activating group) is 1. The summed E-state index contributed by atoms with van der Waals surface area (Å²) in [6, 6.07) is 8.10. The molecular weight excluding hydrogens is 364 g/mol. The SMILES string of the molecule is CCN1CCN(C(=O)c2cc(Nc3ccc(N(CC)CC)cc3C)ncn2)CC1. The summed E-state index contributed by atoms with van der Waals surface area (Å²) in [5.74, 6) is 0.606.